The number of hydrogen-bond acceptors (Lipinski definition) is 6. The molecule has 8 nitrogen and oxygen atoms in total. The largest absolute Gasteiger partial charge is 0.467 e. The summed E-state index contributed by atoms with van der Waals surface area (Å²) in [7, 11) is 1.25. The van der Waals surface area contributed by atoms with E-state index in [4.69, 9.17) is 10.5 Å². The minimum Gasteiger partial charge on any atom is -0.467 e. The average Bonchev–Trinajstić information content (AvgIpc) is 2.50. The average molecular weight is 343 g/mol. The van der Waals surface area contributed by atoms with Gasteiger partial charge in [-0.3, -0.25) is 9.59 Å². The number of hydrogen-bond donors (Lipinski definition) is 3. The van der Waals surface area contributed by atoms with Crippen LogP contribution < -0.4 is 16.4 Å². The Morgan fingerprint density at radius 1 is 1.29 bits per heavy atom. The van der Waals surface area contributed by atoms with Crippen molar-refractivity contribution in [3.05, 3.63) is 12.7 Å². The van der Waals surface area contributed by atoms with Crippen LogP contribution >= 0.6 is 0 Å². The van der Waals surface area contributed by atoms with Crippen LogP contribution in [0.15, 0.2) is 12.7 Å². The summed E-state index contributed by atoms with van der Waals surface area (Å²) in [6, 6.07) is -1.72. The molecule has 0 saturated heterocycles. The van der Waals surface area contributed by atoms with Gasteiger partial charge >= 0.3 is 5.97 Å². The summed E-state index contributed by atoms with van der Waals surface area (Å²) in [5, 5.41) is 5.14. The molecule has 0 saturated carbocycles. The van der Waals surface area contributed by atoms with Crippen molar-refractivity contribution in [2.75, 3.05) is 20.3 Å². The summed E-state index contributed by atoms with van der Waals surface area (Å²) in [6.45, 7) is 10.4. The summed E-state index contributed by atoms with van der Waals surface area (Å²) in [5.41, 5.74) is 4.45. The fourth-order valence-electron chi connectivity index (χ4n) is 1.76. The highest BCUT2D eigenvalue weighted by Gasteiger charge is 2.35. The predicted octanol–water partition coefficient (Wildman–Crippen LogP) is -0.275. The summed E-state index contributed by atoms with van der Waals surface area (Å²) in [6.07, 6.45) is 1.54. The van der Waals surface area contributed by atoms with Crippen molar-refractivity contribution >= 4 is 17.8 Å². The van der Waals surface area contributed by atoms with Crippen LogP contribution in [0.1, 0.15) is 27.7 Å². The van der Waals surface area contributed by atoms with E-state index in [-0.39, 0.29) is 19.1 Å². The number of esters is 1. The molecule has 0 aromatic heterocycles. The highest BCUT2D eigenvalue weighted by Crippen LogP contribution is 2.08. The maximum absolute atomic E-state index is 12.4. The summed E-state index contributed by atoms with van der Waals surface area (Å²) < 4.78 is 9.79. The molecule has 8 heteroatoms. The van der Waals surface area contributed by atoms with E-state index < -0.39 is 35.4 Å². The zero-order valence-electron chi connectivity index (χ0n) is 15.0. The zero-order valence-corrected chi connectivity index (χ0v) is 15.0. The molecule has 0 unspecified atom stereocenters. The van der Waals surface area contributed by atoms with Gasteiger partial charge in [-0.2, -0.15) is 0 Å². The first-order chi connectivity index (χ1) is 11.1. The highest BCUT2D eigenvalue weighted by atomic mass is 16.5. The van der Waals surface area contributed by atoms with Crippen LogP contribution in [0.2, 0.25) is 0 Å². The van der Waals surface area contributed by atoms with Crippen molar-refractivity contribution in [3.8, 4) is 0 Å². The first-order valence-electron chi connectivity index (χ1n) is 7.71. The van der Waals surface area contributed by atoms with E-state index in [2.05, 4.69) is 21.9 Å². The van der Waals surface area contributed by atoms with Crippen molar-refractivity contribution in [2.24, 2.45) is 11.7 Å². The Kier molecular flexibility index (Phi) is 9.24. The number of ether oxygens (including phenoxy) is 2. The molecule has 0 aliphatic heterocycles. The second kappa shape index (κ2) is 10.0. The Labute approximate surface area is 143 Å². The van der Waals surface area contributed by atoms with Gasteiger partial charge in [0.05, 0.1) is 20.3 Å². The van der Waals surface area contributed by atoms with Gasteiger partial charge in [0.25, 0.3) is 0 Å². The van der Waals surface area contributed by atoms with Gasteiger partial charge in [0, 0.05) is 0 Å². The van der Waals surface area contributed by atoms with E-state index in [1.165, 1.54) is 21.0 Å². The lowest BCUT2D eigenvalue weighted by Gasteiger charge is -2.29. The van der Waals surface area contributed by atoms with Crippen LogP contribution in [0, 0.1) is 5.92 Å². The molecule has 0 radical (unpaired) electrons. The quantitative estimate of drug-likeness (QED) is 0.285. The number of nitrogens with two attached hydrogens (primary N) is 1. The topological polar surface area (TPSA) is 120 Å². The van der Waals surface area contributed by atoms with Crippen LogP contribution in [-0.2, 0) is 23.9 Å². The fraction of sp³-hybridized carbons (Fsp3) is 0.688. The van der Waals surface area contributed by atoms with E-state index in [1.807, 2.05) is 0 Å². The minimum absolute atomic E-state index is 0.00628. The van der Waals surface area contributed by atoms with Gasteiger partial charge < -0.3 is 25.8 Å². The molecule has 138 valence electrons. The van der Waals surface area contributed by atoms with Crippen molar-refractivity contribution in [2.45, 2.75) is 45.3 Å². The third-order valence-electron chi connectivity index (χ3n) is 3.28. The standard InChI is InChI=1S/C16H29N3O5/c1-7-8-24-9-11(17)13(20)19-16(4,5)15(22)18-12(10(2)3)14(21)23-6/h7,10-12H,1,8-9,17H2,2-6H3,(H,18,22)(H,19,20)/t11-,12-/m0/s1. The van der Waals surface area contributed by atoms with Crippen molar-refractivity contribution in [1.29, 1.82) is 0 Å². The van der Waals surface area contributed by atoms with E-state index >= 15 is 0 Å². The van der Waals surface area contributed by atoms with Crippen LogP contribution in [0.4, 0.5) is 0 Å². The van der Waals surface area contributed by atoms with Gasteiger partial charge in [-0.15, -0.1) is 6.58 Å². The summed E-state index contributed by atoms with van der Waals surface area (Å²) >= 11 is 0. The molecule has 24 heavy (non-hydrogen) atoms. The Hall–Kier alpha value is -1.93. The number of carbonyl (C=O) groups excluding carboxylic acids is 3. The third-order valence-corrected chi connectivity index (χ3v) is 3.28. The molecule has 0 bridgehead atoms. The monoisotopic (exact) mass is 343 g/mol. The lowest BCUT2D eigenvalue weighted by Crippen LogP contribution is -2.61. The number of carbonyl (C=O) groups is 3. The Morgan fingerprint density at radius 2 is 1.88 bits per heavy atom. The van der Waals surface area contributed by atoms with Crippen molar-refractivity contribution in [1.82, 2.24) is 10.6 Å². The number of methoxy groups -OCH3 is 1. The molecule has 0 rings (SSSR count). The summed E-state index contributed by atoms with van der Waals surface area (Å²) in [4.78, 5) is 36.2. The van der Waals surface area contributed by atoms with Crippen molar-refractivity contribution < 1.29 is 23.9 Å². The number of rotatable bonds is 10. The van der Waals surface area contributed by atoms with Gasteiger partial charge in [0.2, 0.25) is 11.8 Å². The van der Waals surface area contributed by atoms with Gasteiger partial charge in [-0.25, -0.2) is 4.79 Å². The molecule has 0 aliphatic rings. The zero-order chi connectivity index (χ0) is 18.9. The Bertz CT molecular complexity index is 463. The van der Waals surface area contributed by atoms with Crippen LogP contribution in [0.5, 0.6) is 0 Å². The SMILES string of the molecule is C=CCOC[C@H](N)C(=O)NC(C)(C)C(=O)N[C@H](C(=O)OC)C(C)C. The second-order valence-electron chi connectivity index (χ2n) is 6.27. The van der Waals surface area contributed by atoms with E-state index in [1.54, 1.807) is 19.9 Å². The van der Waals surface area contributed by atoms with Crippen LogP contribution in [0.25, 0.3) is 0 Å². The Morgan fingerprint density at radius 3 is 2.33 bits per heavy atom. The smallest absolute Gasteiger partial charge is 0.328 e. The molecule has 2 atom stereocenters. The molecule has 0 aromatic carbocycles. The van der Waals surface area contributed by atoms with Gasteiger partial charge in [-0.1, -0.05) is 19.9 Å². The maximum atomic E-state index is 12.4. The third kappa shape index (κ3) is 7.10. The molecule has 0 aliphatic carbocycles. The van der Waals surface area contributed by atoms with Gasteiger partial charge in [0.1, 0.15) is 17.6 Å². The Balaban J connectivity index is 4.78. The molecule has 4 N–H and O–H groups in total. The predicted molar refractivity (Wildman–Crippen MR) is 90.0 cm³/mol. The first kappa shape index (κ1) is 22.1. The molecule has 0 aromatic rings. The maximum Gasteiger partial charge on any atom is 0.328 e. The minimum atomic E-state index is -1.26. The highest BCUT2D eigenvalue weighted by molar-refractivity contribution is 5.94. The molecule has 0 heterocycles. The van der Waals surface area contributed by atoms with Gasteiger partial charge in [0.15, 0.2) is 0 Å². The molecule has 0 spiro atoms. The number of nitrogens with one attached hydrogen (secondary N) is 2. The van der Waals surface area contributed by atoms with Crippen LogP contribution in [-0.4, -0.2) is 55.7 Å². The second-order valence-corrected chi connectivity index (χ2v) is 6.27. The van der Waals surface area contributed by atoms with Crippen molar-refractivity contribution in [3.63, 3.8) is 0 Å². The lowest BCUT2D eigenvalue weighted by molar-refractivity contribution is -0.147. The van der Waals surface area contributed by atoms with E-state index in [9.17, 15) is 14.4 Å². The summed E-state index contributed by atoms with van der Waals surface area (Å²) in [5.74, 6) is -1.75. The molecular formula is C16H29N3O5. The van der Waals surface area contributed by atoms with E-state index in [0.29, 0.717) is 0 Å². The molecular weight excluding hydrogens is 314 g/mol. The molecule has 0 fully saturated rings. The number of amides is 2. The first-order valence-corrected chi connectivity index (χ1v) is 7.71. The normalized spacial score (nSPS) is 13.8. The van der Waals surface area contributed by atoms with Gasteiger partial charge in [-0.05, 0) is 19.8 Å². The van der Waals surface area contributed by atoms with E-state index in [0.717, 1.165) is 0 Å². The lowest BCUT2D eigenvalue weighted by atomic mass is 9.99. The fourth-order valence-corrected chi connectivity index (χ4v) is 1.76. The van der Waals surface area contributed by atoms with Crippen LogP contribution in [0.3, 0.4) is 0 Å². The molecule has 2 amide bonds.